The first-order chi connectivity index (χ1) is 11.1. The predicted octanol–water partition coefficient (Wildman–Crippen LogP) is 2.90. The number of hydrogen-bond donors (Lipinski definition) is 3. The molecule has 1 amide bonds. The third kappa shape index (κ3) is 4.05. The van der Waals surface area contributed by atoms with Crippen molar-refractivity contribution in [2.75, 3.05) is 0 Å². The number of aromatic amines is 1. The Morgan fingerprint density at radius 1 is 1.33 bits per heavy atom. The maximum Gasteiger partial charge on any atom is 0.407 e. The molecule has 0 spiro atoms. The van der Waals surface area contributed by atoms with Crippen molar-refractivity contribution < 1.29 is 19.4 Å². The standard InChI is InChI=1S/C16H17ClN2O5/c1-16(2,3)24-15(23)18-7-10-12(14(21)22)9-5-4-8(17)6-11(9)19-13(10)20/h4-6H,7H2,1-3H3,(H,18,23)(H,19,20)(H,21,22). The summed E-state index contributed by atoms with van der Waals surface area (Å²) in [6.07, 6.45) is -0.741. The Morgan fingerprint density at radius 2 is 2.00 bits per heavy atom. The van der Waals surface area contributed by atoms with Gasteiger partial charge in [-0.25, -0.2) is 9.59 Å². The maximum atomic E-state index is 12.2. The molecule has 8 heteroatoms. The Morgan fingerprint density at radius 3 is 2.58 bits per heavy atom. The number of carboxylic acids is 1. The summed E-state index contributed by atoms with van der Waals surface area (Å²) in [6.45, 7) is 4.82. The SMILES string of the molecule is CC(C)(C)OC(=O)NCc1c(C(=O)O)c2ccc(Cl)cc2[nH]c1=O. The third-order valence-electron chi connectivity index (χ3n) is 3.10. The summed E-state index contributed by atoms with van der Waals surface area (Å²) in [7, 11) is 0. The van der Waals surface area contributed by atoms with E-state index in [-0.39, 0.29) is 17.7 Å². The predicted molar refractivity (Wildman–Crippen MR) is 89.6 cm³/mol. The minimum atomic E-state index is -1.27. The molecule has 0 unspecified atom stereocenters. The smallest absolute Gasteiger partial charge is 0.407 e. The topological polar surface area (TPSA) is 108 Å². The van der Waals surface area contributed by atoms with Crippen molar-refractivity contribution in [2.45, 2.75) is 32.9 Å². The van der Waals surface area contributed by atoms with Crippen molar-refractivity contribution in [2.24, 2.45) is 0 Å². The number of carbonyl (C=O) groups excluding carboxylic acids is 1. The molecule has 0 radical (unpaired) electrons. The van der Waals surface area contributed by atoms with Crippen molar-refractivity contribution in [3.8, 4) is 0 Å². The van der Waals surface area contributed by atoms with Crippen LogP contribution in [0.4, 0.5) is 4.79 Å². The number of aromatic carboxylic acids is 1. The third-order valence-corrected chi connectivity index (χ3v) is 3.33. The molecule has 2 aromatic rings. The normalized spacial score (nSPS) is 11.3. The van der Waals surface area contributed by atoms with Crippen LogP contribution in [0.2, 0.25) is 5.02 Å². The van der Waals surface area contributed by atoms with Gasteiger partial charge >= 0.3 is 12.1 Å². The molecule has 0 fully saturated rings. The summed E-state index contributed by atoms with van der Waals surface area (Å²) in [4.78, 5) is 38.1. The van der Waals surface area contributed by atoms with Crippen LogP contribution in [0.1, 0.15) is 36.7 Å². The average Bonchev–Trinajstić information content (AvgIpc) is 2.42. The van der Waals surface area contributed by atoms with E-state index in [1.807, 2.05) is 0 Å². The highest BCUT2D eigenvalue weighted by Crippen LogP contribution is 2.22. The summed E-state index contributed by atoms with van der Waals surface area (Å²) < 4.78 is 5.08. The van der Waals surface area contributed by atoms with Crippen LogP contribution < -0.4 is 10.9 Å². The van der Waals surface area contributed by atoms with Crippen LogP contribution in [0.5, 0.6) is 0 Å². The Balaban J connectivity index is 2.43. The van der Waals surface area contributed by atoms with E-state index < -0.39 is 23.2 Å². The molecule has 0 aliphatic heterocycles. The zero-order valence-corrected chi connectivity index (χ0v) is 14.2. The van der Waals surface area contributed by atoms with Crippen LogP contribution in [0.25, 0.3) is 10.9 Å². The van der Waals surface area contributed by atoms with Gasteiger partial charge in [-0.2, -0.15) is 0 Å². The fourth-order valence-corrected chi connectivity index (χ4v) is 2.37. The molecule has 0 bridgehead atoms. The Bertz CT molecular complexity index is 867. The number of ether oxygens (including phenoxy) is 1. The van der Waals surface area contributed by atoms with Gasteiger partial charge in [0.2, 0.25) is 0 Å². The van der Waals surface area contributed by atoms with E-state index in [0.717, 1.165) is 0 Å². The van der Waals surface area contributed by atoms with Crippen LogP contribution in [-0.4, -0.2) is 27.8 Å². The Hall–Kier alpha value is -2.54. The van der Waals surface area contributed by atoms with Crippen LogP contribution in [-0.2, 0) is 11.3 Å². The molecule has 128 valence electrons. The molecular weight excluding hydrogens is 336 g/mol. The molecule has 1 heterocycles. The molecule has 1 aromatic carbocycles. The van der Waals surface area contributed by atoms with Crippen LogP contribution in [0.15, 0.2) is 23.0 Å². The van der Waals surface area contributed by atoms with E-state index in [4.69, 9.17) is 16.3 Å². The minimum absolute atomic E-state index is 0.0665. The van der Waals surface area contributed by atoms with Gasteiger partial charge in [-0.05, 0) is 32.9 Å². The van der Waals surface area contributed by atoms with Gasteiger partial charge < -0.3 is 20.1 Å². The second kappa shape index (κ2) is 6.52. The van der Waals surface area contributed by atoms with Crippen molar-refractivity contribution in [3.05, 3.63) is 44.7 Å². The monoisotopic (exact) mass is 352 g/mol. The molecule has 0 aliphatic carbocycles. The van der Waals surface area contributed by atoms with Gasteiger partial charge in [0.15, 0.2) is 0 Å². The zero-order chi connectivity index (χ0) is 18.1. The lowest BCUT2D eigenvalue weighted by Gasteiger charge is -2.19. The molecule has 0 saturated carbocycles. The number of nitrogens with one attached hydrogen (secondary N) is 2. The van der Waals surface area contributed by atoms with Crippen LogP contribution in [0.3, 0.4) is 0 Å². The number of alkyl carbamates (subject to hydrolysis) is 1. The first-order valence-corrected chi connectivity index (χ1v) is 7.51. The maximum absolute atomic E-state index is 12.2. The highest BCUT2D eigenvalue weighted by molar-refractivity contribution is 6.31. The molecule has 24 heavy (non-hydrogen) atoms. The number of benzene rings is 1. The van der Waals surface area contributed by atoms with E-state index in [1.165, 1.54) is 18.2 Å². The number of amides is 1. The van der Waals surface area contributed by atoms with Gasteiger partial charge in [0.25, 0.3) is 5.56 Å². The average molecular weight is 353 g/mol. The first-order valence-electron chi connectivity index (χ1n) is 7.13. The second-order valence-corrected chi connectivity index (χ2v) is 6.59. The molecular formula is C16H17ClN2O5. The Labute approximate surface area is 142 Å². The molecule has 3 N–H and O–H groups in total. The molecule has 2 rings (SSSR count). The lowest BCUT2D eigenvalue weighted by molar-refractivity contribution is 0.0520. The van der Waals surface area contributed by atoms with Crippen molar-refractivity contribution >= 4 is 34.6 Å². The number of hydrogen-bond acceptors (Lipinski definition) is 4. The Kier molecular flexibility index (Phi) is 4.84. The quantitative estimate of drug-likeness (QED) is 0.787. The van der Waals surface area contributed by atoms with Gasteiger partial charge in [-0.15, -0.1) is 0 Å². The first kappa shape index (κ1) is 17.8. The van der Waals surface area contributed by atoms with Gasteiger partial charge in [0.1, 0.15) is 5.60 Å². The second-order valence-electron chi connectivity index (χ2n) is 6.16. The summed E-state index contributed by atoms with van der Waals surface area (Å²) >= 11 is 5.86. The minimum Gasteiger partial charge on any atom is -0.478 e. The molecule has 0 aliphatic rings. The molecule has 7 nitrogen and oxygen atoms in total. The summed E-state index contributed by atoms with van der Waals surface area (Å²) in [5.41, 5.74) is -1.25. The summed E-state index contributed by atoms with van der Waals surface area (Å²) in [5, 5.41) is 12.6. The largest absolute Gasteiger partial charge is 0.478 e. The van der Waals surface area contributed by atoms with Crippen molar-refractivity contribution in [1.29, 1.82) is 0 Å². The highest BCUT2D eigenvalue weighted by atomic mass is 35.5. The number of rotatable bonds is 3. The molecule has 0 saturated heterocycles. The fraction of sp³-hybridized carbons (Fsp3) is 0.312. The van der Waals surface area contributed by atoms with E-state index in [0.29, 0.717) is 15.9 Å². The fourth-order valence-electron chi connectivity index (χ4n) is 2.20. The lowest BCUT2D eigenvalue weighted by Crippen LogP contribution is -2.34. The number of carboxylic acid groups (broad SMARTS) is 1. The van der Waals surface area contributed by atoms with Gasteiger partial charge in [0.05, 0.1) is 23.2 Å². The number of aromatic nitrogens is 1. The van der Waals surface area contributed by atoms with E-state index in [9.17, 15) is 19.5 Å². The number of halogens is 1. The van der Waals surface area contributed by atoms with E-state index >= 15 is 0 Å². The van der Waals surface area contributed by atoms with Crippen LogP contribution >= 0.6 is 11.6 Å². The number of H-pyrrole nitrogens is 1. The number of carbonyl (C=O) groups is 2. The van der Waals surface area contributed by atoms with E-state index in [1.54, 1.807) is 20.8 Å². The van der Waals surface area contributed by atoms with Gasteiger partial charge in [-0.1, -0.05) is 17.7 Å². The van der Waals surface area contributed by atoms with Crippen molar-refractivity contribution in [3.63, 3.8) is 0 Å². The van der Waals surface area contributed by atoms with Crippen LogP contribution in [0, 0.1) is 0 Å². The van der Waals surface area contributed by atoms with Crippen molar-refractivity contribution in [1.82, 2.24) is 10.3 Å². The van der Waals surface area contributed by atoms with Gasteiger partial charge in [0, 0.05) is 10.4 Å². The zero-order valence-electron chi connectivity index (χ0n) is 13.4. The summed E-state index contributed by atoms with van der Waals surface area (Å²) in [6, 6.07) is 4.50. The van der Waals surface area contributed by atoms with E-state index in [2.05, 4.69) is 10.3 Å². The molecule has 0 atom stereocenters. The molecule has 1 aromatic heterocycles. The summed E-state index contributed by atoms with van der Waals surface area (Å²) in [5.74, 6) is -1.27. The van der Waals surface area contributed by atoms with Gasteiger partial charge in [-0.3, -0.25) is 4.79 Å². The number of pyridine rings is 1. The lowest BCUT2D eigenvalue weighted by atomic mass is 10.0. The number of fused-ring (bicyclic) bond motifs is 1. The highest BCUT2D eigenvalue weighted by Gasteiger charge is 2.21.